The molecule has 0 fully saturated rings. The highest BCUT2D eigenvalue weighted by Gasteiger charge is 2.23. The summed E-state index contributed by atoms with van der Waals surface area (Å²) in [7, 11) is 0. The average molecular weight is 477 g/mol. The van der Waals surface area contributed by atoms with Gasteiger partial charge in [0.2, 0.25) is 0 Å². The van der Waals surface area contributed by atoms with Crippen LogP contribution in [0, 0.1) is 0 Å². The number of hydrogen-bond donors (Lipinski definition) is 0. The van der Waals surface area contributed by atoms with Crippen LogP contribution in [0.3, 0.4) is 0 Å². The van der Waals surface area contributed by atoms with E-state index in [1.54, 1.807) is 0 Å². The molecule has 0 aromatic rings. The molecular weight excluding hydrogens is 412 g/mol. The summed E-state index contributed by atoms with van der Waals surface area (Å²) in [5.74, 6) is 0. The van der Waals surface area contributed by atoms with Gasteiger partial charge in [0.1, 0.15) is 6.17 Å². The van der Waals surface area contributed by atoms with Gasteiger partial charge >= 0.3 is 0 Å². The number of nitrogens with zero attached hydrogens (tertiary/aromatic N) is 2. The molecule has 0 aromatic heterocycles. The van der Waals surface area contributed by atoms with Crippen LogP contribution >= 0.6 is 0 Å². The van der Waals surface area contributed by atoms with Crippen molar-refractivity contribution in [3.63, 3.8) is 0 Å². The van der Waals surface area contributed by atoms with E-state index in [1.165, 1.54) is 161 Å². The van der Waals surface area contributed by atoms with Crippen molar-refractivity contribution in [3.05, 3.63) is 12.4 Å². The minimum absolute atomic E-state index is 0.635. The van der Waals surface area contributed by atoms with Gasteiger partial charge in [-0.3, -0.25) is 0 Å². The third-order valence-corrected chi connectivity index (χ3v) is 7.92. The van der Waals surface area contributed by atoms with E-state index in [1.807, 2.05) is 0 Å². The van der Waals surface area contributed by atoms with Gasteiger partial charge in [0.25, 0.3) is 0 Å². The van der Waals surface area contributed by atoms with E-state index in [2.05, 4.69) is 43.0 Å². The van der Waals surface area contributed by atoms with Gasteiger partial charge in [-0.05, 0) is 26.2 Å². The maximum Gasteiger partial charge on any atom is 0.101 e. The second kappa shape index (κ2) is 24.1. The molecule has 0 radical (unpaired) electrons. The molecule has 1 aliphatic heterocycles. The molecule has 0 saturated heterocycles. The fourth-order valence-electron chi connectivity index (χ4n) is 5.56. The first-order chi connectivity index (χ1) is 16.8. The highest BCUT2D eigenvalue weighted by Crippen LogP contribution is 2.23. The first kappa shape index (κ1) is 31.4. The Morgan fingerprint density at radius 2 is 0.765 bits per heavy atom. The van der Waals surface area contributed by atoms with Gasteiger partial charge in [-0.15, -0.1) is 0 Å². The standard InChI is InChI=1S/C32H64N2/c1-4-7-9-11-13-15-17-18-19-20-22-24-26-28-32-33(6-3)30-31-34(32)29-27-25-23-21-16-14-12-10-8-5-2/h30-32H,4-29H2,1-3H3. The molecule has 2 heteroatoms. The Balaban J connectivity index is 1.98. The molecule has 1 rings (SSSR count). The van der Waals surface area contributed by atoms with E-state index in [0.717, 1.165) is 6.54 Å². The lowest BCUT2D eigenvalue weighted by Crippen LogP contribution is -2.38. The van der Waals surface area contributed by atoms with Crippen LogP contribution in [0.5, 0.6) is 0 Å². The second-order valence-electron chi connectivity index (χ2n) is 11.1. The zero-order chi connectivity index (χ0) is 24.5. The van der Waals surface area contributed by atoms with Gasteiger partial charge in [-0.25, -0.2) is 0 Å². The van der Waals surface area contributed by atoms with Gasteiger partial charge in [0, 0.05) is 25.5 Å². The summed E-state index contributed by atoms with van der Waals surface area (Å²) in [6.07, 6.45) is 39.8. The summed E-state index contributed by atoms with van der Waals surface area (Å²) in [4.78, 5) is 5.21. The highest BCUT2D eigenvalue weighted by molar-refractivity contribution is 4.96. The quantitative estimate of drug-likeness (QED) is 0.114. The molecule has 1 atom stereocenters. The minimum Gasteiger partial charge on any atom is -0.356 e. The van der Waals surface area contributed by atoms with Crippen molar-refractivity contribution in [2.24, 2.45) is 0 Å². The minimum atomic E-state index is 0.635. The fraction of sp³-hybridized carbons (Fsp3) is 0.938. The van der Waals surface area contributed by atoms with E-state index >= 15 is 0 Å². The molecule has 0 amide bonds. The highest BCUT2D eigenvalue weighted by atomic mass is 15.4. The molecule has 0 aromatic carbocycles. The first-order valence-corrected chi connectivity index (χ1v) is 16.0. The lowest BCUT2D eigenvalue weighted by Gasteiger charge is -2.32. The van der Waals surface area contributed by atoms with Crippen molar-refractivity contribution in [2.75, 3.05) is 13.1 Å². The van der Waals surface area contributed by atoms with Crippen LogP contribution < -0.4 is 0 Å². The van der Waals surface area contributed by atoms with E-state index in [9.17, 15) is 0 Å². The lowest BCUT2D eigenvalue weighted by atomic mass is 10.0. The van der Waals surface area contributed by atoms with Gasteiger partial charge in [0.05, 0.1) is 0 Å². The summed E-state index contributed by atoms with van der Waals surface area (Å²) in [6.45, 7) is 9.32. The molecule has 1 unspecified atom stereocenters. The number of unbranched alkanes of at least 4 members (excludes halogenated alkanes) is 21. The number of hydrogen-bond acceptors (Lipinski definition) is 2. The Bertz CT molecular complexity index is 433. The van der Waals surface area contributed by atoms with Crippen LogP contribution in [0.15, 0.2) is 12.4 Å². The predicted molar refractivity (Wildman–Crippen MR) is 154 cm³/mol. The smallest absolute Gasteiger partial charge is 0.101 e. The summed E-state index contributed by atoms with van der Waals surface area (Å²) in [5, 5.41) is 0. The molecule has 1 aliphatic rings. The average Bonchev–Trinajstić information content (AvgIpc) is 3.24. The summed E-state index contributed by atoms with van der Waals surface area (Å²) in [6, 6.07) is 0. The zero-order valence-electron chi connectivity index (χ0n) is 24.0. The van der Waals surface area contributed by atoms with Crippen molar-refractivity contribution in [3.8, 4) is 0 Å². The molecule has 1 heterocycles. The Morgan fingerprint density at radius 1 is 0.412 bits per heavy atom. The van der Waals surface area contributed by atoms with Crippen LogP contribution in [0.25, 0.3) is 0 Å². The SMILES string of the molecule is CCCCCCCCCCCCCCCC1N(CC)C=CN1CCCCCCCCCCCC. The summed E-state index contributed by atoms with van der Waals surface area (Å²) >= 11 is 0. The van der Waals surface area contributed by atoms with Crippen LogP contribution in [-0.4, -0.2) is 29.1 Å². The van der Waals surface area contributed by atoms with Gasteiger partial charge in [0.15, 0.2) is 0 Å². The Morgan fingerprint density at radius 3 is 1.18 bits per heavy atom. The molecule has 0 N–H and O–H groups in total. The van der Waals surface area contributed by atoms with Crippen molar-refractivity contribution in [1.82, 2.24) is 9.80 Å². The molecular formula is C32H64N2. The van der Waals surface area contributed by atoms with Crippen molar-refractivity contribution >= 4 is 0 Å². The van der Waals surface area contributed by atoms with Crippen LogP contribution in [0.4, 0.5) is 0 Å². The van der Waals surface area contributed by atoms with Gasteiger partial charge in [-0.1, -0.05) is 149 Å². The van der Waals surface area contributed by atoms with Crippen molar-refractivity contribution < 1.29 is 0 Å². The summed E-state index contributed by atoms with van der Waals surface area (Å²) < 4.78 is 0. The van der Waals surface area contributed by atoms with Crippen molar-refractivity contribution in [2.45, 2.75) is 181 Å². The van der Waals surface area contributed by atoms with E-state index in [4.69, 9.17) is 0 Å². The van der Waals surface area contributed by atoms with Crippen LogP contribution in [-0.2, 0) is 0 Å². The predicted octanol–water partition coefficient (Wildman–Crippen LogP) is 10.8. The maximum atomic E-state index is 2.65. The second-order valence-corrected chi connectivity index (χ2v) is 11.1. The molecule has 0 spiro atoms. The van der Waals surface area contributed by atoms with E-state index < -0.39 is 0 Å². The van der Waals surface area contributed by atoms with E-state index in [-0.39, 0.29) is 0 Å². The molecule has 0 saturated carbocycles. The third-order valence-electron chi connectivity index (χ3n) is 7.92. The molecule has 0 aliphatic carbocycles. The Kier molecular flexibility index (Phi) is 22.2. The monoisotopic (exact) mass is 477 g/mol. The topological polar surface area (TPSA) is 6.48 Å². The Hall–Kier alpha value is -0.660. The third kappa shape index (κ3) is 16.9. The lowest BCUT2D eigenvalue weighted by molar-refractivity contribution is 0.142. The van der Waals surface area contributed by atoms with Crippen molar-refractivity contribution in [1.29, 1.82) is 0 Å². The molecule has 202 valence electrons. The normalized spacial score (nSPS) is 15.7. The van der Waals surface area contributed by atoms with Crippen LogP contribution in [0.2, 0.25) is 0 Å². The maximum absolute atomic E-state index is 2.65. The van der Waals surface area contributed by atoms with Crippen LogP contribution in [0.1, 0.15) is 175 Å². The number of rotatable bonds is 26. The largest absolute Gasteiger partial charge is 0.356 e. The van der Waals surface area contributed by atoms with E-state index in [0.29, 0.717) is 6.17 Å². The van der Waals surface area contributed by atoms with Gasteiger partial charge < -0.3 is 9.80 Å². The fourth-order valence-corrected chi connectivity index (χ4v) is 5.56. The molecule has 34 heavy (non-hydrogen) atoms. The first-order valence-electron chi connectivity index (χ1n) is 16.0. The summed E-state index contributed by atoms with van der Waals surface area (Å²) in [5.41, 5.74) is 0. The molecule has 2 nitrogen and oxygen atoms in total. The Labute approximate surface area is 216 Å². The zero-order valence-corrected chi connectivity index (χ0v) is 24.0. The molecule has 0 bridgehead atoms. The van der Waals surface area contributed by atoms with Gasteiger partial charge in [-0.2, -0.15) is 0 Å².